The quantitative estimate of drug-likeness (QED) is 0.844. The number of halogens is 3. The van der Waals surface area contributed by atoms with E-state index in [9.17, 15) is 18.0 Å². The van der Waals surface area contributed by atoms with Crippen LogP contribution < -0.4 is 0 Å². The van der Waals surface area contributed by atoms with Gasteiger partial charge in [-0.25, -0.2) is 0 Å². The van der Waals surface area contributed by atoms with Crippen molar-refractivity contribution < 1.29 is 23.1 Å². The van der Waals surface area contributed by atoms with Crippen LogP contribution in [0.1, 0.15) is 18.2 Å². The molecule has 1 aromatic rings. The fourth-order valence-corrected chi connectivity index (χ4v) is 1.16. The predicted octanol–water partition coefficient (Wildman–Crippen LogP) is 1.55. The molecule has 0 amide bonds. The topological polar surface area (TPSA) is 55.1 Å². The summed E-state index contributed by atoms with van der Waals surface area (Å²) in [6.07, 6.45) is -4.17. The highest BCUT2D eigenvalue weighted by molar-refractivity contribution is 5.70. The molecule has 0 unspecified atom stereocenters. The first-order chi connectivity index (χ1) is 6.84. The number of aromatic nitrogens is 2. The van der Waals surface area contributed by atoms with E-state index in [1.165, 1.54) is 0 Å². The number of rotatable bonds is 3. The Kier molecular flexibility index (Phi) is 3.01. The summed E-state index contributed by atoms with van der Waals surface area (Å²) in [7, 11) is 0. The molecule has 0 aliphatic rings. The van der Waals surface area contributed by atoms with Crippen LogP contribution in [0.4, 0.5) is 13.2 Å². The number of carboxylic acids is 1. The number of nitrogens with zero attached hydrogens (tertiary/aromatic N) is 2. The van der Waals surface area contributed by atoms with Gasteiger partial charge in [-0.3, -0.25) is 9.48 Å². The van der Waals surface area contributed by atoms with Gasteiger partial charge in [0.25, 0.3) is 0 Å². The lowest BCUT2D eigenvalue weighted by atomic mass is 10.2. The first-order valence-corrected chi connectivity index (χ1v) is 4.20. The van der Waals surface area contributed by atoms with Crippen molar-refractivity contribution in [2.45, 2.75) is 26.1 Å². The third kappa shape index (κ3) is 2.71. The number of aryl methyl sites for hydroxylation is 1. The molecule has 0 aromatic carbocycles. The van der Waals surface area contributed by atoms with Gasteiger partial charge in [0.1, 0.15) is 0 Å². The van der Waals surface area contributed by atoms with Crippen molar-refractivity contribution in [3.05, 3.63) is 17.5 Å². The van der Waals surface area contributed by atoms with Crippen molar-refractivity contribution in [2.24, 2.45) is 0 Å². The summed E-state index contributed by atoms with van der Waals surface area (Å²) in [5.74, 6) is -1.31. The van der Waals surface area contributed by atoms with Crippen LogP contribution in [-0.2, 0) is 23.9 Å². The van der Waals surface area contributed by atoms with Gasteiger partial charge in [0.15, 0.2) is 5.69 Å². The minimum absolute atomic E-state index is 0.267. The summed E-state index contributed by atoms with van der Waals surface area (Å²) < 4.78 is 38.2. The van der Waals surface area contributed by atoms with E-state index in [2.05, 4.69) is 5.10 Å². The van der Waals surface area contributed by atoms with Crippen LogP contribution in [0.5, 0.6) is 0 Å². The minimum atomic E-state index is -4.61. The molecule has 1 aromatic heterocycles. The molecule has 15 heavy (non-hydrogen) atoms. The third-order valence-electron chi connectivity index (χ3n) is 1.77. The first kappa shape index (κ1) is 11.5. The summed E-state index contributed by atoms with van der Waals surface area (Å²) in [6.45, 7) is 1.89. The summed E-state index contributed by atoms with van der Waals surface area (Å²) in [5.41, 5.74) is -1.43. The summed E-state index contributed by atoms with van der Waals surface area (Å²) in [4.78, 5) is 10.3. The van der Waals surface area contributed by atoms with Crippen LogP contribution in [0.25, 0.3) is 0 Å². The Morgan fingerprint density at radius 1 is 1.60 bits per heavy atom. The third-order valence-corrected chi connectivity index (χ3v) is 1.77. The van der Waals surface area contributed by atoms with Crippen LogP contribution in [0, 0.1) is 0 Å². The van der Waals surface area contributed by atoms with Gasteiger partial charge < -0.3 is 5.11 Å². The molecule has 84 valence electrons. The van der Waals surface area contributed by atoms with Gasteiger partial charge in [0.2, 0.25) is 0 Å². The highest BCUT2D eigenvalue weighted by Crippen LogP contribution is 2.30. The molecule has 1 N–H and O–H groups in total. The highest BCUT2D eigenvalue weighted by atomic mass is 19.4. The lowest BCUT2D eigenvalue weighted by molar-refractivity contribution is -0.142. The zero-order valence-corrected chi connectivity index (χ0v) is 7.88. The normalized spacial score (nSPS) is 11.7. The number of hydrogen-bond donors (Lipinski definition) is 1. The Labute approximate surface area is 83.3 Å². The fourth-order valence-electron chi connectivity index (χ4n) is 1.16. The second-order valence-electron chi connectivity index (χ2n) is 2.93. The lowest BCUT2D eigenvalue weighted by Gasteiger charge is -2.03. The van der Waals surface area contributed by atoms with Crippen molar-refractivity contribution in [2.75, 3.05) is 0 Å². The van der Waals surface area contributed by atoms with Crippen molar-refractivity contribution in [1.82, 2.24) is 9.78 Å². The summed E-state index contributed by atoms with van der Waals surface area (Å²) in [6, 6.07) is 0. The molecule has 7 heteroatoms. The highest BCUT2D eigenvalue weighted by Gasteiger charge is 2.37. The zero-order chi connectivity index (χ0) is 11.6. The van der Waals surface area contributed by atoms with E-state index < -0.39 is 24.3 Å². The van der Waals surface area contributed by atoms with Crippen molar-refractivity contribution >= 4 is 5.97 Å². The van der Waals surface area contributed by atoms with Gasteiger partial charge in [0, 0.05) is 18.3 Å². The molecule has 4 nitrogen and oxygen atoms in total. The lowest BCUT2D eigenvalue weighted by Crippen LogP contribution is -2.11. The van der Waals surface area contributed by atoms with E-state index >= 15 is 0 Å². The van der Waals surface area contributed by atoms with Crippen LogP contribution >= 0.6 is 0 Å². The van der Waals surface area contributed by atoms with Crippen LogP contribution in [0.15, 0.2) is 6.20 Å². The molecule has 0 aliphatic carbocycles. The number of hydrogen-bond acceptors (Lipinski definition) is 2. The summed E-state index contributed by atoms with van der Waals surface area (Å²) >= 11 is 0. The maximum absolute atomic E-state index is 12.4. The van der Waals surface area contributed by atoms with Crippen molar-refractivity contribution in [1.29, 1.82) is 0 Å². The predicted molar refractivity (Wildman–Crippen MR) is 44.2 cm³/mol. The largest absolute Gasteiger partial charge is 0.481 e. The number of carbonyl (C=O) groups is 1. The minimum Gasteiger partial charge on any atom is -0.481 e. The van der Waals surface area contributed by atoms with Crippen LogP contribution in [0.2, 0.25) is 0 Å². The van der Waals surface area contributed by atoms with E-state index in [0.717, 1.165) is 10.9 Å². The van der Waals surface area contributed by atoms with E-state index in [1.807, 2.05) is 0 Å². The van der Waals surface area contributed by atoms with Crippen LogP contribution in [-0.4, -0.2) is 20.9 Å². The summed E-state index contributed by atoms with van der Waals surface area (Å²) in [5, 5.41) is 11.7. The molecular formula is C8H9F3N2O2. The van der Waals surface area contributed by atoms with Gasteiger partial charge in [-0.1, -0.05) is 0 Å². The van der Waals surface area contributed by atoms with E-state index in [-0.39, 0.29) is 12.1 Å². The van der Waals surface area contributed by atoms with E-state index in [4.69, 9.17) is 5.11 Å². The van der Waals surface area contributed by atoms with E-state index in [0.29, 0.717) is 0 Å². The first-order valence-electron chi connectivity index (χ1n) is 4.20. The zero-order valence-electron chi connectivity index (χ0n) is 7.88. The van der Waals surface area contributed by atoms with Crippen molar-refractivity contribution in [3.63, 3.8) is 0 Å². The maximum Gasteiger partial charge on any atom is 0.435 e. The Morgan fingerprint density at radius 2 is 2.20 bits per heavy atom. The van der Waals surface area contributed by atoms with Gasteiger partial charge in [-0.2, -0.15) is 18.3 Å². The molecule has 0 atom stereocenters. The molecule has 1 rings (SSSR count). The molecule has 0 spiro atoms. The number of aliphatic carboxylic acids is 1. The standard InChI is InChI=1S/C8H9F3N2O2/c1-2-13-4-5(3-6(14)15)7(12-13)8(9,10)11/h4H,2-3H2,1H3,(H,14,15). The number of carboxylic acid groups (broad SMARTS) is 1. The van der Waals surface area contributed by atoms with E-state index in [1.54, 1.807) is 6.92 Å². The Hall–Kier alpha value is -1.53. The molecule has 1 heterocycles. The van der Waals surface area contributed by atoms with Gasteiger partial charge >= 0.3 is 12.1 Å². The fraction of sp³-hybridized carbons (Fsp3) is 0.500. The second kappa shape index (κ2) is 3.92. The molecule has 0 bridgehead atoms. The maximum atomic E-state index is 12.4. The Bertz CT molecular complexity index is 370. The van der Waals surface area contributed by atoms with Crippen molar-refractivity contribution in [3.8, 4) is 0 Å². The molecule has 0 saturated heterocycles. The Morgan fingerprint density at radius 3 is 2.60 bits per heavy atom. The van der Waals surface area contributed by atoms with Gasteiger partial charge in [0.05, 0.1) is 6.42 Å². The average molecular weight is 222 g/mol. The molecule has 0 saturated carbocycles. The second-order valence-corrected chi connectivity index (χ2v) is 2.93. The SMILES string of the molecule is CCn1cc(CC(=O)O)c(C(F)(F)F)n1. The molecular weight excluding hydrogens is 213 g/mol. The molecule has 0 fully saturated rings. The van der Waals surface area contributed by atoms with Crippen LogP contribution in [0.3, 0.4) is 0 Å². The monoisotopic (exact) mass is 222 g/mol. The van der Waals surface area contributed by atoms with Gasteiger partial charge in [-0.05, 0) is 6.92 Å². The van der Waals surface area contributed by atoms with Gasteiger partial charge in [-0.15, -0.1) is 0 Å². The smallest absolute Gasteiger partial charge is 0.435 e. The molecule has 0 radical (unpaired) electrons. The number of alkyl halides is 3. The Balaban J connectivity index is 3.12. The average Bonchev–Trinajstić information content (AvgIpc) is 2.45. The molecule has 0 aliphatic heterocycles.